The normalized spacial score (nSPS) is 16.7. The molecule has 0 saturated heterocycles. The monoisotopic (exact) mass is 264 g/mol. The van der Waals surface area contributed by atoms with Crippen molar-refractivity contribution in [1.29, 1.82) is 0 Å². The van der Waals surface area contributed by atoms with Gasteiger partial charge in [0.15, 0.2) is 11.6 Å². The van der Waals surface area contributed by atoms with Crippen LogP contribution in [-0.4, -0.2) is 30.1 Å². The molecule has 6 nitrogen and oxygen atoms in total. The van der Waals surface area contributed by atoms with Crippen molar-refractivity contribution < 1.29 is 14.4 Å². The third kappa shape index (κ3) is 3.01. The van der Waals surface area contributed by atoms with Gasteiger partial charge in [0.25, 0.3) is 0 Å². The average Bonchev–Trinajstić information content (AvgIpc) is 2.68. The lowest BCUT2D eigenvalue weighted by Crippen LogP contribution is -2.17. The number of rotatable bonds is 4. The second-order valence-corrected chi connectivity index (χ2v) is 5.05. The Kier molecular flexibility index (Phi) is 3.42. The van der Waals surface area contributed by atoms with Crippen LogP contribution in [0.2, 0.25) is 0 Å². The van der Waals surface area contributed by atoms with Gasteiger partial charge in [0, 0.05) is 12.5 Å². The van der Waals surface area contributed by atoms with E-state index in [4.69, 9.17) is 9.47 Å². The minimum Gasteiger partial charge on any atom is -0.490 e. The fourth-order valence-electron chi connectivity index (χ4n) is 1.92. The number of nitro benzene ring substituents is 1. The second kappa shape index (κ2) is 4.87. The van der Waals surface area contributed by atoms with Gasteiger partial charge in [-0.15, -0.1) is 0 Å². The molecule has 0 radical (unpaired) electrons. The first-order chi connectivity index (χ1) is 8.91. The molecule has 0 aromatic heterocycles. The van der Waals surface area contributed by atoms with Crippen molar-refractivity contribution in [3.63, 3.8) is 0 Å². The lowest BCUT2D eigenvalue weighted by atomic mass is 10.1. The Balaban J connectivity index is 2.23. The summed E-state index contributed by atoms with van der Waals surface area (Å²) in [6.45, 7) is 4.51. The van der Waals surface area contributed by atoms with Crippen LogP contribution in [0.1, 0.15) is 19.4 Å². The van der Waals surface area contributed by atoms with Gasteiger partial charge in [-0.1, -0.05) is 6.07 Å². The molecule has 19 heavy (non-hydrogen) atoms. The van der Waals surface area contributed by atoms with Gasteiger partial charge in [-0.25, -0.2) is 4.99 Å². The molecule has 0 bridgehead atoms. The van der Waals surface area contributed by atoms with E-state index in [9.17, 15) is 10.1 Å². The minimum absolute atomic E-state index is 0.0437. The van der Waals surface area contributed by atoms with Gasteiger partial charge in [0.1, 0.15) is 6.61 Å². The summed E-state index contributed by atoms with van der Waals surface area (Å²) in [5, 5.41) is 10.9. The van der Waals surface area contributed by atoms with E-state index in [-0.39, 0.29) is 17.0 Å². The SMILES string of the molecule is COc1ccc(CC2=NC(C)(C)CO2)cc1[N+](=O)[O-]. The van der Waals surface area contributed by atoms with Crippen molar-refractivity contribution in [1.82, 2.24) is 0 Å². The highest BCUT2D eigenvalue weighted by Gasteiger charge is 2.26. The van der Waals surface area contributed by atoms with E-state index in [2.05, 4.69) is 4.99 Å². The van der Waals surface area contributed by atoms with Crippen LogP contribution in [0.4, 0.5) is 5.69 Å². The molecule has 1 aliphatic heterocycles. The van der Waals surface area contributed by atoms with Crippen LogP contribution in [0.15, 0.2) is 23.2 Å². The second-order valence-electron chi connectivity index (χ2n) is 5.05. The van der Waals surface area contributed by atoms with Crippen molar-refractivity contribution in [3.05, 3.63) is 33.9 Å². The standard InChI is InChI=1S/C13H16N2O4/c1-13(2)8-19-12(14-13)7-9-4-5-11(18-3)10(6-9)15(16)17/h4-6H,7-8H2,1-3H3. The summed E-state index contributed by atoms with van der Waals surface area (Å²) in [6.07, 6.45) is 0.453. The number of benzene rings is 1. The Labute approximate surface area is 111 Å². The van der Waals surface area contributed by atoms with Gasteiger partial charge in [-0.2, -0.15) is 0 Å². The predicted octanol–water partition coefficient (Wildman–Crippen LogP) is 2.35. The molecule has 0 atom stereocenters. The number of nitro groups is 1. The predicted molar refractivity (Wildman–Crippen MR) is 70.8 cm³/mol. The maximum Gasteiger partial charge on any atom is 0.311 e. The van der Waals surface area contributed by atoms with E-state index < -0.39 is 4.92 Å². The van der Waals surface area contributed by atoms with Crippen molar-refractivity contribution >= 4 is 11.6 Å². The van der Waals surface area contributed by atoms with Gasteiger partial charge < -0.3 is 9.47 Å². The highest BCUT2D eigenvalue weighted by molar-refractivity contribution is 5.81. The van der Waals surface area contributed by atoms with Crippen LogP contribution in [-0.2, 0) is 11.2 Å². The van der Waals surface area contributed by atoms with Crippen molar-refractivity contribution in [3.8, 4) is 5.75 Å². The molecular formula is C13H16N2O4. The summed E-state index contributed by atoms with van der Waals surface area (Å²) in [6, 6.07) is 4.87. The van der Waals surface area contributed by atoms with E-state index in [1.54, 1.807) is 12.1 Å². The van der Waals surface area contributed by atoms with Gasteiger partial charge >= 0.3 is 5.69 Å². The molecule has 6 heteroatoms. The summed E-state index contributed by atoms with van der Waals surface area (Å²) >= 11 is 0. The van der Waals surface area contributed by atoms with Crippen LogP contribution in [0.25, 0.3) is 0 Å². The van der Waals surface area contributed by atoms with Crippen LogP contribution in [0.5, 0.6) is 5.75 Å². The van der Waals surface area contributed by atoms with E-state index in [0.717, 1.165) is 5.56 Å². The first kappa shape index (κ1) is 13.3. The number of nitrogens with zero attached hydrogens (tertiary/aromatic N) is 2. The maximum absolute atomic E-state index is 10.9. The molecule has 0 saturated carbocycles. The summed E-state index contributed by atoms with van der Waals surface area (Å²) in [5.41, 5.74) is 0.523. The van der Waals surface area contributed by atoms with E-state index >= 15 is 0 Å². The quantitative estimate of drug-likeness (QED) is 0.618. The molecule has 0 aliphatic carbocycles. The Bertz CT molecular complexity index is 537. The molecule has 0 N–H and O–H groups in total. The largest absolute Gasteiger partial charge is 0.490 e. The average molecular weight is 264 g/mol. The molecule has 2 rings (SSSR count). The molecule has 0 spiro atoms. The molecule has 1 aliphatic rings. The molecule has 1 aromatic rings. The van der Waals surface area contributed by atoms with Crippen molar-refractivity contribution in [2.75, 3.05) is 13.7 Å². The van der Waals surface area contributed by atoms with Gasteiger partial charge in [-0.05, 0) is 25.5 Å². The molecule has 0 amide bonds. The Morgan fingerprint density at radius 2 is 2.26 bits per heavy atom. The number of hydrogen-bond donors (Lipinski definition) is 0. The lowest BCUT2D eigenvalue weighted by molar-refractivity contribution is -0.385. The third-order valence-corrected chi connectivity index (χ3v) is 2.81. The minimum atomic E-state index is -0.455. The van der Waals surface area contributed by atoms with E-state index in [1.807, 2.05) is 13.8 Å². The lowest BCUT2D eigenvalue weighted by Gasteiger charge is -2.07. The number of hydrogen-bond acceptors (Lipinski definition) is 5. The Morgan fingerprint density at radius 3 is 2.79 bits per heavy atom. The Morgan fingerprint density at radius 1 is 1.53 bits per heavy atom. The fourth-order valence-corrected chi connectivity index (χ4v) is 1.92. The summed E-state index contributed by atoms with van der Waals surface area (Å²) < 4.78 is 10.4. The van der Waals surface area contributed by atoms with Crippen molar-refractivity contribution in [2.24, 2.45) is 4.99 Å². The zero-order valence-electron chi connectivity index (χ0n) is 11.2. The molecule has 102 valence electrons. The van der Waals surface area contributed by atoms with Crippen LogP contribution < -0.4 is 4.74 Å². The number of ether oxygens (including phenoxy) is 2. The van der Waals surface area contributed by atoms with Gasteiger partial charge in [0.05, 0.1) is 17.6 Å². The zero-order chi connectivity index (χ0) is 14.0. The molecular weight excluding hydrogens is 248 g/mol. The number of methoxy groups -OCH3 is 1. The topological polar surface area (TPSA) is 74.0 Å². The summed E-state index contributed by atoms with van der Waals surface area (Å²) in [4.78, 5) is 14.9. The first-order valence-corrected chi connectivity index (χ1v) is 5.94. The third-order valence-electron chi connectivity index (χ3n) is 2.81. The van der Waals surface area contributed by atoms with Crippen LogP contribution >= 0.6 is 0 Å². The maximum atomic E-state index is 10.9. The molecule has 1 aromatic carbocycles. The first-order valence-electron chi connectivity index (χ1n) is 5.94. The van der Waals surface area contributed by atoms with Crippen molar-refractivity contribution in [2.45, 2.75) is 25.8 Å². The van der Waals surface area contributed by atoms with Gasteiger partial charge in [0.2, 0.25) is 0 Å². The highest BCUT2D eigenvalue weighted by Crippen LogP contribution is 2.28. The van der Waals surface area contributed by atoms with E-state index in [1.165, 1.54) is 13.2 Å². The Hall–Kier alpha value is -2.11. The zero-order valence-corrected chi connectivity index (χ0v) is 11.2. The van der Waals surface area contributed by atoms with Gasteiger partial charge in [-0.3, -0.25) is 10.1 Å². The summed E-state index contributed by atoms with van der Waals surface area (Å²) in [5.74, 6) is 0.868. The molecule has 0 unspecified atom stereocenters. The summed E-state index contributed by atoms with van der Waals surface area (Å²) in [7, 11) is 1.41. The van der Waals surface area contributed by atoms with E-state index in [0.29, 0.717) is 18.9 Å². The number of aliphatic imine (C=N–C) groups is 1. The highest BCUT2D eigenvalue weighted by atomic mass is 16.6. The van der Waals surface area contributed by atoms with Crippen LogP contribution in [0.3, 0.4) is 0 Å². The molecule has 0 fully saturated rings. The van der Waals surface area contributed by atoms with Crippen LogP contribution in [0, 0.1) is 10.1 Å². The smallest absolute Gasteiger partial charge is 0.311 e. The molecule has 1 heterocycles. The fraction of sp³-hybridized carbons (Fsp3) is 0.462.